The molecule has 4 N–H and O–H groups in total. The van der Waals surface area contributed by atoms with Crippen LogP contribution < -0.4 is 10.6 Å². The highest BCUT2D eigenvalue weighted by Gasteiger charge is 2.26. The quantitative estimate of drug-likeness (QED) is 0.508. The topological polar surface area (TPSA) is 107 Å². The number of aromatic nitrogens is 1. The van der Waals surface area contributed by atoms with Gasteiger partial charge in [0, 0.05) is 48.8 Å². The summed E-state index contributed by atoms with van der Waals surface area (Å²) in [5.41, 5.74) is 3.75. The SMILES string of the molecule is Cc1[nH]c(/[14CH]=C2\C(=O)Nc3ccc(F)cc32)c(C)c1C(=O)NC[C@H](O)CN1CCOCC1. The lowest BCUT2D eigenvalue weighted by Crippen LogP contribution is -2.44. The number of morpholine rings is 1. The number of nitrogens with zero attached hydrogens (tertiary/aromatic N) is 1. The lowest BCUT2D eigenvalue weighted by Gasteiger charge is -2.28. The molecule has 2 aliphatic heterocycles. The van der Waals surface area contributed by atoms with Gasteiger partial charge >= 0.3 is 0 Å². The van der Waals surface area contributed by atoms with Crippen molar-refractivity contribution in [2.24, 2.45) is 0 Å². The molecule has 0 unspecified atom stereocenters. The Balaban J connectivity index is 1.47. The van der Waals surface area contributed by atoms with E-state index in [-0.39, 0.29) is 18.4 Å². The molecule has 0 bridgehead atoms. The molecule has 9 heteroatoms. The van der Waals surface area contributed by atoms with E-state index in [0.717, 1.165) is 13.1 Å². The molecular formula is C23H27FN4O4. The van der Waals surface area contributed by atoms with Gasteiger partial charge in [0.25, 0.3) is 11.8 Å². The van der Waals surface area contributed by atoms with Crippen LogP contribution in [0.4, 0.5) is 10.1 Å². The number of aryl methyl sites for hydroxylation is 1. The number of rotatable bonds is 6. The highest BCUT2D eigenvalue weighted by atomic mass is 19.1. The number of nitrogens with one attached hydrogen (secondary N) is 3. The van der Waals surface area contributed by atoms with Crippen LogP contribution in [0.5, 0.6) is 0 Å². The number of carbonyl (C=O) groups is 2. The van der Waals surface area contributed by atoms with Crippen LogP contribution in [0.3, 0.4) is 0 Å². The molecule has 0 saturated carbocycles. The van der Waals surface area contributed by atoms with Crippen molar-refractivity contribution >= 4 is 29.2 Å². The molecule has 1 fully saturated rings. The summed E-state index contributed by atoms with van der Waals surface area (Å²) in [5, 5.41) is 15.8. The summed E-state index contributed by atoms with van der Waals surface area (Å²) in [6.45, 7) is 6.98. The number of anilines is 1. The lowest BCUT2D eigenvalue weighted by atomic mass is 10.1. The van der Waals surface area contributed by atoms with Crippen LogP contribution in [0, 0.1) is 19.7 Å². The number of H-pyrrole nitrogens is 1. The Hall–Kier alpha value is -3.01. The van der Waals surface area contributed by atoms with Crippen molar-refractivity contribution in [2.45, 2.75) is 20.0 Å². The van der Waals surface area contributed by atoms with E-state index in [1.807, 2.05) is 0 Å². The molecule has 2 aromatic rings. The van der Waals surface area contributed by atoms with Crippen LogP contribution in [0.15, 0.2) is 18.2 Å². The number of amides is 2. The number of β-amino-alcohol motifs (C(OH)–C–C–N with tert-alkyl or cyclic N) is 1. The number of carbonyl (C=O) groups excluding carboxylic acids is 2. The Kier molecular flexibility index (Phi) is 6.40. The fraction of sp³-hybridized carbons (Fsp3) is 0.391. The Morgan fingerprint density at radius 2 is 2.09 bits per heavy atom. The highest BCUT2D eigenvalue weighted by Crippen LogP contribution is 2.34. The van der Waals surface area contributed by atoms with Gasteiger partial charge in [-0.15, -0.1) is 0 Å². The smallest absolute Gasteiger partial charge is 0.256 e. The third-order valence-corrected chi connectivity index (χ3v) is 5.83. The van der Waals surface area contributed by atoms with Gasteiger partial charge < -0.3 is 25.5 Å². The predicted octanol–water partition coefficient (Wildman–Crippen LogP) is 1.69. The van der Waals surface area contributed by atoms with Crippen LogP contribution in [0.25, 0.3) is 11.6 Å². The molecule has 2 aliphatic rings. The molecule has 1 atom stereocenters. The minimum Gasteiger partial charge on any atom is -0.390 e. The Bertz CT molecular complexity index is 1070. The number of aliphatic hydroxyl groups is 1. The number of benzene rings is 1. The van der Waals surface area contributed by atoms with E-state index in [2.05, 4.69) is 20.5 Å². The first-order valence-corrected chi connectivity index (χ1v) is 10.6. The van der Waals surface area contributed by atoms with Gasteiger partial charge in [0.1, 0.15) is 5.82 Å². The van der Waals surface area contributed by atoms with E-state index in [1.54, 1.807) is 19.9 Å². The fourth-order valence-electron chi connectivity index (χ4n) is 4.15. The van der Waals surface area contributed by atoms with Crippen molar-refractivity contribution in [1.82, 2.24) is 15.2 Å². The maximum absolute atomic E-state index is 13.7. The van der Waals surface area contributed by atoms with Gasteiger partial charge in [0.15, 0.2) is 0 Å². The van der Waals surface area contributed by atoms with E-state index < -0.39 is 11.9 Å². The van der Waals surface area contributed by atoms with Crippen molar-refractivity contribution in [3.8, 4) is 0 Å². The van der Waals surface area contributed by atoms with E-state index in [0.29, 0.717) is 59.1 Å². The average molecular weight is 444 g/mol. The zero-order valence-corrected chi connectivity index (χ0v) is 18.1. The summed E-state index contributed by atoms with van der Waals surface area (Å²) in [5.74, 6) is -1.06. The van der Waals surface area contributed by atoms with Crippen LogP contribution in [-0.2, 0) is 9.53 Å². The summed E-state index contributed by atoms with van der Waals surface area (Å²) >= 11 is 0. The second-order valence-corrected chi connectivity index (χ2v) is 8.14. The molecular weight excluding hydrogens is 417 g/mol. The summed E-state index contributed by atoms with van der Waals surface area (Å²) in [4.78, 5) is 30.5. The molecule has 0 aliphatic carbocycles. The monoisotopic (exact) mass is 444 g/mol. The predicted molar refractivity (Wildman–Crippen MR) is 119 cm³/mol. The Morgan fingerprint density at radius 3 is 2.84 bits per heavy atom. The van der Waals surface area contributed by atoms with Crippen molar-refractivity contribution < 1.29 is 23.8 Å². The Morgan fingerprint density at radius 1 is 1.34 bits per heavy atom. The summed E-state index contributed by atoms with van der Waals surface area (Å²) < 4.78 is 19.0. The van der Waals surface area contributed by atoms with Gasteiger partial charge in [-0.1, -0.05) is 0 Å². The molecule has 1 saturated heterocycles. The average Bonchev–Trinajstić information content (AvgIpc) is 3.22. The number of hydrogen-bond acceptors (Lipinski definition) is 5. The van der Waals surface area contributed by atoms with Crippen molar-refractivity contribution in [2.75, 3.05) is 44.7 Å². The Labute approximate surface area is 185 Å². The minimum absolute atomic E-state index is 0.131. The molecule has 170 valence electrons. The van der Waals surface area contributed by atoms with Crippen molar-refractivity contribution in [1.29, 1.82) is 0 Å². The second-order valence-electron chi connectivity index (χ2n) is 8.14. The standard InChI is InChI=1S/C23H27FN4O4/c1-13-20(10-18-17-9-15(24)3-4-19(17)27-22(18)30)26-14(2)21(13)23(31)25-11-16(29)12-28-5-7-32-8-6-28/h3-4,9-10,16,26,29H,5-8,11-12H2,1-2H3,(H,25,31)(H,27,30)/b18-10-/t16-/m0/s1/i10+2. The van der Waals surface area contributed by atoms with E-state index >= 15 is 0 Å². The summed E-state index contributed by atoms with van der Waals surface area (Å²) in [6, 6.07) is 4.13. The van der Waals surface area contributed by atoms with E-state index in [1.165, 1.54) is 18.2 Å². The van der Waals surface area contributed by atoms with E-state index in [4.69, 9.17) is 4.74 Å². The number of fused-ring (bicyclic) bond motifs is 1. The van der Waals surface area contributed by atoms with E-state index in [9.17, 15) is 19.1 Å². The third-order valence-electron chi connectivity index (χ3n) is 5.83. The van der Waals surface area contributed by atoms with Gasteiger partial charge in [0.2, 0.25) is 0 Å². The molecule has 0 spiro atoms. The first-order valence-electron chi connectivity index (χ1n) is 10.6. The van der Waals surface area contributed by atoms with Crippen LogP contribution in [-0.4, -0.2) is 72.3 Å². The number of aromatic amines is 1. The fourth-order valence-corrected chi connectivity index (χ4v) is 4.15. The van der Waals surface area contributed by atoms with Gasteiger partial charge in [-0.3, -0.25) is 14.5 Å². The first kappa shape index (κ1) is 22.2. The lowest BCUT2D eigenvalue weighted by molar-refractivity contribution is -0.110. The second kappa shape index (κ2) is 9.23. The molecule has 2 amide bonds. The van der Waals surface area contributed by atoms with Crippen LogP contribution >= 0.6 is 0 Å². The number of hydrogen-bond donors (Lipinski definition) is 4. The summed E-state index contributed by atoms with van der Waals surface area (Å²) in [7, 11) is 0. The summed E-state index contributed by atoms with van der Waals surface area (Å²) in [6.07, 6.45) is 0.944. The third kappa shape index (κ3) is 4.59. The molecule has 1 aromatic heterocycles. The maximum atomic E-state index is 13.7. The van der Waals surface area contributed by atoms with Gasteiger partial charge in [-0.05, 0) is 43.7 Å². The van der Waals surface area contributed by atoms with Gasteiger partial charge in [0.05, 0.1) is 30.5 Å². The molecule has 3 heterocycles. The van der Waals surface area contributed by atoms with Crippen molar-refractivity contribution in [3.63, 3.8) is 0 Å². The zero-order valence-electron chi connectivity index (χ0n) is 18.1. The maximum Gasteiger partial charge on any atom is 0.256 e. The number of aliphatic hydroxyl groups excluding tert-OH is 1. The molecule has 1 aromatic carbocycles. The minimum atomic E-state index is -0.688. The van der Waals surface area contributed by atoms with Crippen molar-refractivity contribution in [3.05, 3.63) is 52.1 Å². The number of halogens is 1. The molecule has 8 nitrogen and oxygen atoms in total. The largest absolute Gasteiger partial charge is 0.390 e. The van der Waals surface area contributed by atoms with Crippen LogP contribution in [0.2, 0.25) is 0 Å². The molecule has 0 radical (unpaired) electrons. The molecule has 4 rings (SSSR count). The normalized spacial score (nSPS) is 18.5. The zero-order chi connectivity index (χ0) is 22.8. The highest BCUT2D eigenvalue weighted by molar-refractivity contribution is 6.34. The molecule has 32 heavy (non-hydrogen) atoms. The van der Waals surface area contributed by atoms with Gasteiger partial charge in [-0.25, -0.2) is 4.39 Å². The van der Waals surface area contributed by atoms with Crippen LogP contribution in [0.1, 0.15) is 32.9 Å². The first-order chi connectivity index (χ1) is 15.3. The number of ether oxygens (including phenoxy) is 1. The van der Waals surface area contributed by atoms with Gasteiger partial charge in [-0.2, -0.15) is 0 Å².